The van der Waals surface area contributed by atoms with Crippen LogP contribution in [0.15, 0.2) is 47.1 Å². The second kappa shape index (κ2) is 6.89. The Morgan fingerprint density at radius 1 is 1.23 bits per heavy atom. The zero-order valence-electron chi connectivity index (χ0n) is 12.0. The number of anilines is 2. The maximum absolute atomic E-state index is 12.3. The van der Waals surface area contributed by atoms with Gasteiger partial charge >= 0.3 is 0 Å². The highest BCUT2D eigenvalue weighted by Crippen LogP contribution is 2.19. The smallest absolute Gasteiger partial charge is 0.274 e. The van der Waals surface area contributed by atoms with E-state index >= 15 is 0 Å². The van der Waals surface area contributed by atoms with Crippen molar-refractivity contribution in [2.45, 2.75) is 0 Å². The molecular weight excluding hydrogens is 346 g/mol. The summed E-state index contributed by atoms with van der Waals surface area (Å²) in [7, 11) is 0. The van der Waals surface area contributed by atoms with Crippen molar-refractivity contribution in [2.24, 2.45) is 0 Å². The van der Waals surface area contributed by atoms with Gasteiger partial charge in [0.25, 0.3) is 5.91 Å². The van der Waals surface area contributed by atoms with Gasteiger partial charge in [-0.2, -0.15) is 0 Å². The molecule has 0 spiro atoms. The van der Waals surface area contributed by atoms with E-state index < -0.39 is 0 Å². The molecule has 0 saturated carbocycles. The molecule has 1 fully saturated rings. The number of aromatic nitrogens is 1. The number of ether oxygens (including phenoxy) is 1. The number of morpholine rings is 1. The van der Waals surface area contributed by atoms with Gasteiger partial charge in [-0.15, -0.1) is 0 Å². The topological polar surface area (TPSA) is 54.5 Å². The lowest BCUT2D eigenvalue weighted by Crippen LogP contribution is -2.36. The van der Waals surface area contributed by atoms with Crippen molar-refractivity contribution >= 4 is 33.2 Å². The van der Waals surface area contributed by atoms with Crippen molar-refractivity contribution < 1.29 is 9.53 Å². The number of amides is 1. The predicted octanol–water partition coefficient (Wildman–Crippen LogP) is 2.93. The molecule has 1 aliphatic heterocycles. The van der Waals surface area contributed by atoms with Gasteiger partial charge in [-0.05, 0) is 30.3 Å². The minimum atomic E-state index is -0.215. The quantitative estimate of drug-likeness (QED) is 0.912. The van der Waals surface area contributed by atoms with E-state index in [-0.39, 0.29) is 5.91 Å². The second-order valence-corrected chi connectivity index (χ2v) is 5.88. The molecule has 1 saturated heterocycles. The summed E-state index contributed by atoms with van der Waals surface area (Å²) in [6.45, 7) is 3.08. The van der Waals surface area contributed by atoms with Crippen LogP contribution in [0.2, 0.25) is 0 Å². The van der Waals surface area contributed by atoms with E-state index in [0.717, 1.165) is 28.9 Å². The Labute approximate surface area is 137 Å². The van der Waals surface area contributed by atoms with Gasteiger partial charge in [0, 0.05) is 35.1 Å². The normalized spacial score (nSPS) is 14.7. The van der Waals surface area contributed by atoms with Gasteiger partial charge in [-0.3, -0.25) is 9.78 Å². The number of carbonyl (C=O) groups is 1. The van der Waals surface area contributed by atoms with Crippen molar-refractivity contribution in [1.82, 2.24) is 4.98 Å². The van der Waals surface area contributed by atoms with Gasteiger partial charge in [0.05, 0.1) is 13.2 Å². The van der Waals surface area contributed by atoms with Gasteiger partial charge in [0.1, 0.15) is 5.69 Å². The molecule has 114 valence electrons. The Morgan fingerprint density at radius 3 is 2.82 bits per heavy atom. The summed E-state index contributed by atoms with van der Waals surface area (Å²) in [5.41, 5.74) is 2.14. The molecule has 0 unspecified atom stereocenters. The average Bonchev–Trinajstić information content (AvgIpc) is 2.56. The Balaban J connectivity index is 1.75. The molecular formula is C16H16BrN3O2. The second-order valence-electron chi connectivity index (χ2n) is 4.96. The Kier molecular flexibility index (Phi) is 4.70. The van der Waals surface area contributed by atoms with Crippen LogP contribution in [0.1, 0.15) is 10.5 Å². The van der Waals surface area contributed by atoms with E-state index in [1.165, 1.54) is 0 Å². The van der Waals surface area contributed by atoms with Crippen LogP contribution in [0.25, 0.3) is 0 Å². The summed E-state index contributed by atoms with van der Waals surface area (Å²) in [4.78, 5) is 18.7. The molecule has 1 aliphatic rings. The molecule has 0 radical (unpaired) electrons. The number of carbonyl (C=O) groups excluding carboxylic acids is 1. The first-order valence-corrected chi connectivity index (χ1v) is 7.87. The molecule has 6 heteroatoms. The molecule has 0 bridgehead atoms. The molecule has 5 nitrogen and oxygen atoms in total. The molecule has 1 amide bonds. The van der Waals surface area contributed by atoms with Crippen molar-refractivity contribution in [1.29, 1.82) is 0 Å². The lowest BCUT2D eigenvalue weighted by atomic mass is 10.2. The number of hydrogen-bond donors (Lipinski definition) is 1. The predicted molar refractivity (Wildman–Crippen MR) is 89.4 cm³/mol. The zero-order valence-corrected chi connectivity index (χ0v) is 13.5. The maximum Gasteiger partial charge on any atom is 0.274 e. The van der Waals surface area contributed by atoms with Gasteiger partial charge in [-0.1, -0.05) is 22.0 Å². The summed E-state index contributed by atoms with van der Waals surface area (Å²) < 4.78 is 6.27. The van der Waals surface area contributed by atoms with Gasteiger partial charge in [0.15, 0.2) is 0 Å². The standard InChI is InChI=1S/C16H16BrN3O2/c17-12-2-1-3-13(10-12)19-16(21)15-11-14(4-5-18-15)20-6-8-22-9-7-20/h1-5,10-11H,6-9H2,(H,19,21). The molecule has 1 aromatic carbocycles. The van der Waals surface area contributed by atoms with Crippen LogP contribution in [-0.4, -0.2) is 37.2 Å². The number of benzene rings is 1. The van der Waals surface area contributed by atoms with Gasteiger partial charge in [0.2, 0.25) is 0 Å². The Hall–Kier alpha value is -1.92. The van der Waals surface area contributed by atoms with Gasteiger partial charge in [-0.25, -0.2) is 0 Å². The minimum absolute atomic E-state index is 0.215. The summed E-state index contributed by atoms with van der Waals surface area (Å²) in [6.07, 6.45) is 1.67. The van der Waals surface area contributed by atoms with E-state index in [0.29, 0.717) is 18.9 Å². The van der Waals surface area contributed by atoms with Gasteiger partial charge < -0.3 is 15.0 Å². The highest BCUT2D eigenvalue weighted by Gasteiger charge is 2.14. The molecule has 3 rings (SSSR count). The third kappa shape index (κ3) is 3.64. The lowest BCUT2D eigenvalue weighted by molar-refractivity contribution is 0.102. The Morgan fingerprint density at radius 2 is 2.05 bits per heavy atom. The summed E-state index contributed by atoms with van der Waals surface area (Å²) in [6, 6.07) is 11.2. The average molecular weight is 362 g/mol. The number of halogens is 1. The molecule has 2 aromatic rings. The van der Waals surface area contributed by atoms with Crippen LogP contribution in [0.5, 0.6) is 0 Å². The number of nitrogens with zero attached hydrogens (tertiary/aromatic N) is 2. The fourth-order valence-corrected chi connectivity index (χ4v) is 2.72. The number of rotatable bonds is 3. The lowest BCUT2D eigenvalue weighted by Gasteiger charge is -2.28. The van der Waals surface area contributed by atoms with Crippen molar-refractivity contribution in [3.63, 3.8) is 0 Å². The third-order valence-corrected chi connectivity index (χ3v) is 3.93. The number of nitrogens with one attached hydrogen (secondary N) is 1. The molecule has 1 N–H and O–H groups in total. The van der Waals surface area contributed by atoms with Crippen LogP contribution < -0.4 is 10.2 Å². The molecule has 0 aliphatic carbocycles. The third-order valence-electron chi connectivity index (χ3n) is 3.43. The van der Waals surface area contributed by atoms with E-state index in [1.807, 2.05) is 36.4 Å². The number of pyridine rings is 1. The van der Waals surface area contributed by atoms with Crippen molar-refractivity contribution in [3.8, 4) is 0 Å². The van der Waals surface area contributed by atoms with Crippen LogP contribution in [0, 0.1) is 0 Å². The van der Waals surface area contributed by atoms with Crippen LogP contribution in [-0.2, 0) is 4.74 Å². The molecule has 2 heterocycles. The van der Waals surface area contributed by atoms with Crippen LogP contribution in [0.4, 0.5) is 11.4 Å². The molecule has 1 aromatic heterocycles. The summed E-state index contributed by atoms with van der Waals surface area (Å²) in [5, 5.41) is 2.85. The highest BCUT2D eigenvalue weighted by atomic mass is 79.9. The van der Waals surface area contributed by atoms with Crippen LogP contribution >= 0.6 is 15.9 Å². The SMILES string of the molecule is O=C(Nc1cccc(Br)c1)c1cc(N2CCOCC2)ccn1. The van der Waals surface area contributed by atoms with Crippen molar-refractivity contribution in [3.05, 3.63) is 52.8 Å². The minimum Gasteiger partial charge on any atom is -0.378 e. The van der Waals surface area contributed by atoms with E-state index in [1.54, 1.807) is 6.20 Å². The monoisotopic (exact) mass is 361 g/mol. The van der Waals surface area contributed by atoms with Crippen LogP contribution in [0.3, 0.4) is 0 Å². The molecule has 22 heavy (non-hydrogen) atoms. The maximum atomic E-state index is 12.3. The van der Waals surface area contributed by atoms with E-state index in [4.69, 9.17) is 4.74 Å². The first kappa shape index (κ1) is 15.0. The van der Waals surface area contributed by atoms with Crippen molar-refractivity contribution in [2.75, 3.05) is 36.5 Å². The largest absolute Gasteiger partial charge is 0.378 e. The molecule has 0 atom stereocenters. The summed E-state index contributed by atoms with van der Waals surface area (Å²) in [5.74, 6) is -0.215. The number of hydrogen-bond acceptors (Lipinski definition) is 4. The fourth-order valence-electron chi connectivity index (χ4n) is 2.32. The fraction of sp³-hybridized carbons (Fsp3) is 0.250. The zero-order chi connectivity index (χ0) is 15.4. The summed E-state index contributed by atoms with van der Waals surface area (Å²) >= 11 is 3.39. The first-order valence-electron chi connectivity index (χ1n) is 7.08. The van der Waals surface area contributed by atoms with E-state index in [9.17, 15) is 4.79 Å². The highest BCUT2D eigenvalue weighted by molar-refractivity contribution is 9.10. The van der Waals surface area contributed by atoms with E-state index in [2.05, 4.69) is 31.1 Å². The Bertz CT molecular complexity index is 672. The first-order chi connectivity index (χ1) is 10.7.